The second-order valence-corrected chi connectivity index (χ2v) is 7.12. The normalized spacial score (nSPS) is 13.7. The zero-order valence-electron chi connectivity index (χ0n) is 12.9. The number of nitrogens with zero attached hydrogens (tertiary/aromatic N) is 2. The minimum absolute atomic E-state index is 0.163. The summed E-state index contributed by atoms with van der Waals surface area (Å²) < 4.78 is 0. The Balaban J connectivity index is 1.65. The molecular weight excluding hydrogens is 360 g/mol. The molecule has 2 amide bonds. The average Bonchev–Trinajstić information content (AvgIpc) is 2.96. The Morgan fingerprint density at radius 2 is 1.80 bits per heavy atom. The smallest absolute Gasteiger partial charge is 0.263 e. The van der Waals surface area contributed by atoms with E-state index in [1.807, 2.05) is 24.1 Å². The number of hydroxylamine groups is 2. The quantitative estimate of drug-likeness (QED) is 0.438. The lowest BCUT2D eigenvalue weighted by molar-refractivity contribution is -0.164. The van der Waals surface area contributed by atoms with Crippen molar-refractivity contribution in [2.24, 2.45) is 0 Å². The molecule has 1 aliphatic rings. The van der Waals surface area contributed by atoms with Gasteiger partial charge in [0.15, 0.2) is 5.75 Å². The van der Waals surface area contributed by atoms with Crippen LogP contribution in [0.3, 0.4) is 0 Å². The highest BCUT2D eigenvalue weighted by Crippen LogP contribution is 2.39. The van der Waals surface area contributed by atoms with Crippen molar-refractivity contribution in [1.29, 1.82) is 0 Å². The molecule has 126 valence electrons. The lowest BCUT2D eigenvalue weighted by Crippen LogP contribution is -2.32. The molecule has 3 rings (SSSR count). The van der Waals surface area contributed by atoms with E-state index in [1.54, 1.807) is 30.5 Å². The largest absolute Gasteiger partial charge is 0.369 e. The van der Waals surface area contributed by atoms with Gasteiger partial charge >= 0.3 is 0 Å². The first-order valence-corrected chi connectivity index (χ1v) is 9.47. The molecule has 0 atom stereocenters. The van der Waals surface area contributed by atoms with Crippen molar-refractivity contribution in [2.45, 2.75) is 17.9 Å². The molecule has 6 nitrogen and oxygen atoms in total. The minimum Gasteiger partial charge on any atom is -0.369 e. The molecule has 0 bridgehead atoms. The molecule has 2 heterocycles. The SMILES string of the molecule is O=C=C(SSc1ccccn1)c1ccc(ON2C(=O)CCC2=O)cc1. The summed E-state index contributed by atoms with van der Waals surface area (Å²) in [6, 6.07) is 12.1. The third kappa shape index (κ3) is 4.30. The molecule has 25 heavy (non-hydrogen) atoms. The summed E-state index contributed by atoms with van der Waals surface area (Å²) in [5, 5.41) is 1.56. The standard InChI is InChI=1S/C17H12N2O4S2/c20-11-14(24-25-15-3-1-2-10-18-15)12-4-6-13(7-5-12)23-19-16(21)8-9-17(19)22/h1-7,10H,8-9H2. The highest BCUT2D eigenvalue weighted by molar-refractivity contribution is 8.80. The molecule has 1 aromatic heterocycles. The number of amides is 2. The van der Waals surface area contributed by atoms with Gasteiger partial charge in [0, 0.05) is 24.6 Å². The van der Waals surface area contributed by atoms with E-state index in [-0.39, 0.29) is 24.7 Å². The molecule has 0 spiro atoms. The van der Waals surface area contributed by atoms with Crippen LogP contribution < -0.4 is 4.84 Å². The highest BCUT2D eigenvalue weighted by atomic mass is 33.1. The van der Waals surface area contributed by atoms with Crippen LogP contribution in [0.4, 0.5) is 0 Å². The molecule has 0 radical (unpaired) electrons. The average molecular weight is 372 g/mol. The van der Waals surface area contributed by atoms with Crippen molar-refractivity contribution in [1.82, 2.24) is 10.0 Å². The molecule has 1 aromatic carbocycles. The Morgan fingerprint density at radius 1 is 1.08 bits per heavy atom. The number of imide groups is 1. The van der Waals surface area contributed by atoms with Crippen molar-refractivity contribution in [3.8, 4) is 5.75 Å². The van der Waals surface area contributed by atoms with Crippen LogP contribution in [0.15, 0.2) is 53.7 Å². The van der Waals surface area contributed by atoms with Crippen LogP contribution in [0.1, 0.15) is 18.4 Å². The topological polar surface area (TPSA) is 76.6 Å². The van der Waals surface area contributed by atoms with Crippen LogP contribution in [-0.2, 0) is 14.4 Å². The Morgan fingerprint density at radius 3 is 2.40 bits per heavy atom. The number of benzene rings is 1. The van der Waals surface area contributed by atoms with E-state index < -0.39 is 0 Å². The molecule has 0 aliphatic carbocycles. The van der Waals surface area contributed by atoms with Crippen molar-refractivity contribution < 1.29 is 19.2 Å². The van der Waals surface area contributed by atoms with E-state index in [4.69, 9.17) is 4.84 Å². The zero-order valence-corrected chi connectivity index (χ0v) is 14.5. The Bertz CT molecular complexity index is 817. The highest BCUT2D eigenvalue weighted by Gasteiger charge is 2.31. The van der Waals surface area contributed by atoms with Crippen LogP contribution in [0.25, 0.3) is 4.91 Å². The van der Waals surface area contributed by atoms with Crippen LogP contribution in [0.5, 0.6) is 5.75 Å². The van der Waals surface area contributed by atoms with Crippen molar-refractivity contribution in [3.05, 3.63) is 54.2 Å². The molecule has 0 unspecified atom stereocenters. The van der Waals surface area contributed by atoms with E-state index >= 15 is 0 Å². The van der Waals surface area contributed by atoms with Gasteiger partial charge < -0.3 is 4.84 Å². The first-order chi connectivity index (χ1) is 12.2. The van der Waals surface area contributed by atoms with Gasteiger partial charge in [-0.05, 0) is 58.0 Å². The second kappa shape index (κ2) is 8.02. The first-order valence-electron chi connectivity index (χ1n) is 7.32. The molecule has 2 aromatic rings. The van der Waals surface area contributed by atoms with E-state index in [2.05, 4.69) is 4.98 Å². The van der Waals surface area contributed by atoms with Gasteiger partial charge in [-0.2, -0.15) is 0 Å². The fourth-order valence-corrected chi connectivity index (χ4v) is 3.90. The fourth-order valence-electron chi connectivity index (χ4n) is 2.04. The monoisotopic (exact) mass is 372 g/mol. The molecular formula is C17H12N2O4S2. The number of hydrogen-bond donors (Lipinski definition) is 0. The van der Waals surface area contributed by atoms with Gasteiger partial charge in [-0.3, -0.25) is 9.59 Å². The number of carbonyl (C=O) groups excluding carboxylic acids is 3. The van der Waals surface area contributed by atoms with Gasteiger partial charge in [0.1, 0.15) is 15.9 Å². The maximum absolute atomic E-state index is 11.5. The van der Waals surface area contributed by atoms with Crippen molar-refractivity contribution >= 4 is 44.2 Å². The maximum atomic E-state index is 11.5. The third-order valence-corrected chi connectivity index (χ3v) is 5.50. The number of carbonyl (C=O) groups is 2. The predicted octanol–water partition coefficient (Wildman–Crippen LogP) is 3.14. The lowest BCUT2D eigenvalue weighted by atomic mass is 10.2. The molecule has 0 saturated carbocycles. The number of aromatic nitrogens is 1. The summed E-state index contributed by atoms with van der Waals surface area (Å²) in [5.74, 6) is 1.55. The zero-order chi connectivity index (χ0) is 17.6. The Kier molecular flexibility index (Phi) is 5.55. The van der Waals surface area contributed by atoms with Crippen LogP contribution >= 0.6 is 21.6 Å². The van der Waals surface area contributed by atoms with E-state index in [0.29, 0.717) is 16.2 Å². The van der Waals surface area contributed by atoms with E-state index in [9.17, 15) is 14.4 Å². The third-order valence-electron chi connectivity index (χ3n) is 3.26. The van der Waals surface area contributed by atoms with Gasteiger partial charge in [-0.15, -0.1) is 5.06 Å². The number of hydrogen-bond acceptors (Lipinski definition) is 7. The molecule has 1 fully saturated rings. The minimum atomic E-state index is -0.357. The summed E-state index contributed by atoms with van der Waals surface area (Å²) in [6.45, 7) is 0. The summed E-state index contributed by atoms with van der Waals surface area (Å²) in [5.41, 5.74) is 0.662. The Labute approximate surface area is 151 Å². The van der Waals surface area contributed by atoms with Gasteiger partial charge in [-0.25, -0.2) is 9.78 Å². The van der Waals surface area contributed by atoms with E-state index in [1.165, 1.54) is 21.6 Å². The van der Waals surface area contributed by atoms with Gasteiger partial charge in [0.25, 0.3) is 11.8 Å². The second-order valence-electron chi connectivity index (χ2n) is 4.96. The van der Waals surface area contributed by atoms with Gasteiger partial charge in [0.2, 0.25) is 0 Å². The van der Waals surface area contributed by atoms with Crippen molar-refractivity contribution in [2.75, 3.05) is 0 Å². The van der Waals surface area contributed by atoms with Gasteiger partial charge in [0.05, 0.1) is 0 Å². The van der Waals surface area contributed by atoms with Crippen LogP contribution in [-0.4, -0.2) is 27.8 Å². The number of pyridine rings is 1. The summed E-state index contributed by atoms with van der Waals surface area (Å²) in [4.78, 5) is 44.2. The van der Waals surface area contributed by atoms with Crippen LogP contribution in [0.2, 0.25) is 0 Å². The molecule has 1 saturated heterocycles. The fraction of sp³-hybridized carbons (Fsp3) is 0.118. The first kappa shape index (κ1) is 17.3. The Hall–Kier alpha value is -2.54. The number of rotatable bonds is 6. The molecule has 0 N–H and O–H groups in total. The van der Waals surface area contributed by atoms with Gasteiger partial charge in [-0.1, -0.05) is 6.07 Å². The lowest BCUT2D eigenvalue weighted by Gasteiger charge is -2.14. The van der Waals surface area contributed by atoms with E-state index in [0.717, 1.165) is 10.1 Å². The van der Waals surface area contributed by atoms with Crippen molar-refractivity contribution in [3.63, 3.8) is 0 Å². The maximum Gasteiger partial charge on any atom is 0.263 e. The summed E-state index contributed by atoms with van der Waals surface area (Å²) >= 11 is 0. The summed E-state index contributed by atoms with van der Waals surface area (Å²) in [7, 11) is 2.61. The molecule has 8 heteroatoms. The predicted molar refractivity (Wildman–Crippen MR) is 94.9 cm³/mol. The van der Waals surface area contributed by atoms with Crippen LogP contribution in [0, 0.1) is 0 Å². The molecule has 1 aliphatic heterocycles. The summed E-state index contributed by atoms with van der Waals surface area (Å²) in [6.07, 6.45) is 2.01.